The van der Waals surface area contributed by atoms with Crippen LogP contribution in [-0.4, -0.2) is 97.5 Å². The SMILES string of the molecule is Nc1nc2c(ncn2C2OC3COP(=O)(OCC4CC(=O)Oc5cc(OCC(=O)O)c(OCC(=O)O)cc54)OC3C2O)c(=O)[nH]1. The van der Waals surface area contributed by atoms with Crippen molar-refractivity contribution in [3.63, 3.8) is 0 Å². The number of H-pyrrole nitrogens is 1. The second-order valence-corrected chi connectivity index (χ2v) is 11.6. The minimum absolute atomic E-state index is 0.0327. The molecule has 6 N–H and O–H groups in total. The number of ether oxygens (including phenoxy) is 4. The molecule has 3 aliphatic heterocycles. The van der Waals surface area contributed by atoms with Gasteiger partial charge < -0.3 is 40.0 Å². The Morgan fingerprint density at radius 3 is 2.58 bits per heavy atom. The van der Waals surface area contributed by atoms with Gasteiger partial charge in [0.05, 0.1) is 26.0 Å². The molecule has 0 bridgehead atoms. The number of nitrogens with two attached hydrogens (primary N) is 1. The van der Waals surface area contributed by atoms with Crippen LogP contribution in [0.3, 0.4) is 0 Å². The second kappa shape index (κ2) is 11.7. The molecule has 3 aromatic rings. The number of aliphatic hydroxyl groups excluding tert-OH is 1. The molecule has 0 aliphatic carbocycles. The first-order valence-corrected chi connectivity index (χ1v) is 14.6. The fourth-order valence-electron chi connectivity index (χ4n) is 5.03. The van der Waals surface area contributed by atoms with Gasteiger partial charge in [-0.25, -0.2) is 19.1 Å². The van der Waals surface area contributed by atoms with Crippen LogP contribution in [-0.2, 0) is 37.3 Å². The van der Waals surface area contributed by atoms with Gasteiger partial charge in [-0.3, -0.25) is 32.7 Å². The highest BCUT2D eigenvalue weighted by Crippen LogP contribution is 2.57. The van der Waals surface area contributed by atoms with Gasteiger partial charge in [-0.1, -0.05) is 0 Å². The first-order valence-electron chi connectivity index (χ1n) is 13.1. The Balaban J connectivity index is 1.19. The number of imidazole rings is 1. The zero-order chi connectivity index (χ0) is 32.0. The molecule has 2 aromatic heterocycles. The van der Waals surface area contributed by atoms with Crippen LogP contribution in [0.4, 0.5) is 5.95 Å². The molecule has 45 heavy (non-hydrogen) atoms. The Bertz CT molecular complexity index is 1790. The summed E-state index contributed by atoms with van der Waals surface area (Å²) in [6.45, 7) is -2.33. The molecule has 0 spiro atoms. The van der Waals surface area contributed by atoms with E-state index in [0.717, 1.165) is 0 Å². The minimum Gasteiger partial charge on any atom is -0.479 e. The standard InChI is InChI=1S/C24H24N5O15P/c25-24-27-21-18(22(36)28-24)26-8-29(21)23-19(35)20-14(43-23)5-41-45(37,44-20)40-4-9-1-17(34)42-11-3-13(39-7-16(32)33)12(2-10(9)11)38-6-15(30)31/h2-3,8-9,14,19-20,23,35H,1,4-7H2,(H,30,31)(H,32,33)(H3,25,27,28,36). The molecule has 20 nitrogen and oxygen atoms in total. The van der Waals surface area contributed by atoms with Crippen LogP contribution < -0.4 is 25.5 Å². The van der Waals surface area contributed by atoms with Crippen LogP contribution in [0.2, 0.25) is 0 Å². The number of phosphoric acid groups is 1. The number of benzene rings is 1. The Hall–Kier alpha value is -4.59. The van der Waals surface area contributed by atoms with E-state index in [4.69, 9.17) is 48.5 Å². The lowest BCUT2D eigenvalue weighted by Gasteiger charge is -2.32. The lowest BCUT2D eigenvalue weighted by Crippen LogP contribution is -2.39. The number of hydrogen-bond acceptors (Lipinski definition) is 16. The average Bonchev–Trinajstić information content (AvgIpc) is 3.53. The Kier molecular flexibility index (Phi) is 7.93. The van der Waals surface area contributed by atoms with E-state index in [1.165, 1.54) is 23.0 Å². The number of aliphatic carboxylic acids is 2. The lowest BCUT2D eigenvalue weighted by atomic mass is 9.93. The summed E-state index contributed by atoms with van der Waals surface area (Å²) in [4.78, 5) is 56.9. The summed E-state index contributed by atoms with van der Waals surface area (Å²) >= 11 is 0. The van der Waals surface area contributed by atoms with Crippen molar-refractivity contribution >= 4 is 42.8 Å². The maximum absolute atomic E-state index is 13.5. The molecule has 240 valence electrons. The van der Waals surface area contributed by atoms with Gasteiger partial charge in [0.2, 0.25) is 5.95 Å². The zero-order valence-corrected chi connectivity index (χ0v) is 23.7. The zero-order valence-electron chi connectivity index (χ0n) is 22.8. The number of aliphatic hydroxyl groups is 1. The van der Waals surface area contributed by atoms with Crippen LogP contribution in [0.1, 0.15) is 24.1 Å². The highest BCUT2D eigenvalue weighted by Gasteiger charge is 2.54. The Morgan fingerprint density at radius 1 is 1.16 bits per heavy atom. The van der Waals surface area contributed by atoms with Crippen LogP contribution in [0.5, 0.6) is 17.2 Å². The molecule has 2 saturated heterocycles. The number of carboxylic acid groups (broad SMARTS) is 2. The molecule has 6 rings (SSSR count). The fourth-order valence-corrected chi connectivity index (χ4v) is 6.48. The first kappa shape index (κ1) is 30.4. The summed E-state index contributed by atoms with van der Waals surface area (Å²) in [5, 5.41) is 29.0. The fraction of sp³-hybridized carbons (Fsp3) is 0.417. The predicted molar refractivity (Wildman–Crippen MR) is 143 cm³/mol. The third-order valence-electron chi connectivity index (χ3n) is 6.97. The minimum atomic E-state index is -4.36. The van der Waals surface area contributed by atoms with Gasteiger partial charge in [0.15, 0.2) is 42.1 Å². The molecule has 0 amide bonds. The molecule has 6 unspecified atom stereocenters. The third kappa shape index (κ3) is 6.06. The van der Waals surface area contributed by atoms with Gasteiger partial charge >= 0.3 is 25.7 Å². The van der Waals surface area contributed by atoms with E-state index in [9.17, 15) is 28.8 Å². The monoisotopic (exact) mass is 653 g/mol. The summed E-state index contributed by atoms with van der Waals surface area (Å²) in [6, 6.07) is 2.47. The highest BCUT2D eigenvalue weighted by atomic mass is 31.2. The van der Waals surface area contributed by atoms with Crippen molar-refractivity contribution in [1.29, 1.82) is 0 Å². The number of hydrogen-bond donors (Lipinski definition) is 5. The molecule has 6 atom stereocenters. The third-order valence-corrected chi connectivity index (χ3v) is 8.40. The van der Waals surface area contributed by atoms with Crippen molar-refractivity contribution < 1.29 is 66.8 Å². The first-order chi connectivity index (χ1) is 21.4. The van der Waals surface area contributed by atoms with Crippen LogP contribution in [0.25, 0.3) is 11.2 Å². The molecule has 5 heterocycles. The van der Waals surface area contributed by atoms with Gasteiger partial charge in [0, 0.05) is 17.5 Å². The molecule has 0 radical (unpaired) electrons. The number of phosphoric ester groups is 1. The van der Waals surface area contributed by atoms with E-state index < -0.39 is 81.6 Å². The van der Waals surface area contributed by atoms with E-state index in [2.05, 4.69) is 15.0 Å². The molecule has 0 saturated carbocycles. The van der Waals surface area contributed by atoms with E-state index >= 15 is 0 Å². The highest BCUT2D eigenvalue weighted by molar-refractivity contribution is 7.48. The molecular weight excluding hydrogens is 629 g/mol. The maximum Gasteiger partial charge on any atom is 0.475 e. The number of carboxylic acids is 2. The van der Waals surface area contributed by atoms with Gasteiger partial charge in [0.1, 0.15) is 24.1 Å². The van der Waals surface area contributed by atoms with Gasteiger partial charge in [-0.05, 0) is 6.07 Å². The summed E-state index contributed by atoms with van der Waals surface area (Å²) in [5.74, 6) is -4.75. The number of esters is 1. The molecule has 3 aliphatic rings. The van der Waals surface area contributed by atoms with Crippen LogP contribution in [0, 0.1) is 0 Å². The summed E-state index contributed by atoms with van der Waals surface area (Å²) in [7, 11) is -4.36. The van der Waals surface area contributed by atoms with Crippen molar-refractivity contribution in [2.24, 2.45) is 0 Å². The van der Waals surface area contributed by atoms with Crippen molar-refractivity contribution in [2.75, 3.05) is 32.2 Å². The normalized spacial score (nSPS) is 27.4. The number of fused-ring (bicyclic) bond motifs is 3. The molecular formula is C24H24N5O15P. The van der Waals surface area contributed by atoms with Crippen molar-refractivity contribution in [3.05, 3.63) is 34.4 Å². The number of nitrogen functional groups attached to an aromatic ring is 1. The Labute approximate surface area is 250 Å². The number of carbonyl (C=O) groups is 3. The van der Waals surface area contributed by atoms with Crippen LogP contribution in [0.15, 0.2) is 23.3 Å². The number of carbonyl (C=O) groups excluding carboxylic acids is 1. The van der Waals surface area contributed by atoms with Gasteiger partial charge in [0.25, 0.3) is 5.56 Å². The predicted octanol–water partition coefficient (Wildman–Crippen LogP) is -0.480. The van der Waals surface area contributed by atoms with Crippen molar-refractivity contribution in [1.82, 2.24) is 19.5 Å². The molecule has 2 fully saturated rings. The summed E-state index contributed by atoms with van der Waals surface area (Å²) < 4.78 is 52.8. The van der Waals surface area contributed by atoms with Crippen molar-refractivity contribution in [3.8, 4) is 17.2 Å². The largest absolute Gasteiger partial charge is 0.479 e. The maximum atomic E-state index is 13.5. The second-order valence-electron chi connectivity index (χ2n) is 10.0. The molecule has 21 heteroatoms. The lowest BCUT2D eigenvalue weighted by molar-refractivity contribution is -0.140. The number of rotatable bonds is 10. The number of aromatic nitrogens is 4. The van der Waals surface area contributed by atoms with Gasteiger partial charge in [-0.15, -0.1) is 0 Å². The molecule has 1 aromatic carbocycles. The number of nitrogens with zero attached hydrogens (tertiary/aromatic N) is 3. The average molecular weight is 653 g/mol. The van der Waals surface area contributed by atoms with Crippen LogP contribution >= 0.6 is 7.82 Å². The van der Waals surface area contributed by atoms with E-state index in [0.29, 0.717) is 0 Å². The summed E-state index contributed by atoms with van der Waals surface area (Å²) in [6.07, 6.45) is -3.77. The van der Waals surface area contributed by atoms with Gasteiger partial charge in [-0.2, -0.15) is 4.98 Å². The quantitative estimate of drug-likeness (QED) is 0.105. The Morgan fingerprint density at radius 2 is 1.87 bits per heavy atom. The number of anilines is 1. The van der Waals surface area contributed by atoms with E-state index in [1.807, 2.05) is 0 Å². The smallest absolute Gasteiger partial charge is 0.475 e. The number of aromatic amines is 1. The van der Waals surface area contributed by atoms with Crippen molar-refractivity contribution in [2.45, 2.75) is 36.9 Å². The summed E-state index contributed by atoms with van der Waals surface area (Å²) in [5.41, 5.74) is 5.30. The van der Waals surface area contributed by atoms with E-state index in [-0.39, 0.29) is 53.0 Å². The van der Waals surface area contributed by atoms with E-state index in [1.54, 1.807) is 0 Å². The topological polar surface area (TPSA) is 283 Å². The number of nitrogens with one attached hydrogen (secondary N) is 1.